The van der Waals surface area contributed by atoms with Gasteiger partial charge in [0.05, 0.1) is 0 Å². The molecule has 1 N–H and O–H groups in total. The van der Waals surface area contributed by atoms with Gasteiger partial charge in [0.1, 0.15) is 0 Å². The van der Waals surface area contributed by atoms with Gasteiger partial charge in [0, 0.05) is 29.8 Å². The largest absolute Gasteiger partial charge is 0.772 e. The Morgan fingerprint density at radius 3 is 2.39 bits per heavy atom. The monoisotopic (exact) mass is 393 g/mol. The lowest BCUT2D eigenvalue weighted by molar-refractivity contribution is 0.0951. The molecule has 1 unspecified atom stereocenters. The summed E-state index contributed by atoms with van der Waals surface area (Å²) in [5.41, 5.74) is 5.69. The summed E-state index contributed by atoms with van der Waals surface area (Å²) in [5, 5.41) is 2.87. The Hall–Kier alpha value is -2.83. The van der Waals surface area contributed by atoms with Crippen molar-refractivity contribution in [1.29, 1.82) is 0 Å². The zero-order valence-corrected chi connectivity index (χ0v) is 16.6. The van der Waals surface area contributed by atoms with E-state index >= 15 is 0 Å². The van der Waals surface area contributed by atoms with E-state index in [0.29, 0.717) is 17.7 Å². The first kappa shape index (κ1) is 19.9. The lowest BCUT2D eigenvalue weighted by Crippen LogP contribution is -2.23. The molecule has 0 aliphatic carbocycles. The number of hydrogen-bond acceptors (Lipinski definition) is 4. The second-order valence-corrected chi connectivity index (χ2v) is 7.62. The highest BCUT2D eigenvalue weighted by Crippen LogP contribution is 2.24. The zero-order valence-electron chi connectivity index (χ0n) is 15.8. The van der Waals surface area contributed by atoms with Crippen LogP contribution in [0.2, 0.25) is 0 Å². The molecule has 1 aromatic heterocycles. The smallest absolute Gasteiger partial charge is 0.251 e. The molecule has 0 spiro atoms. The fourth-order valence-electron chi connectivity index (χ4n) is 2.84. The van der Waals surface area contributed by atoms with Crippen molar-refractivity contribution in [1.82, 2.24) is 10.3 Å². The molecule has 6 heteroatoms. The summed E-state index contributed by atoms with van der Waals surface area (Å²) in [7, 11) is 0. The number of rotatable bonds is 6. The van der Waals surface area contributed by atoms with E-state index in [-0.39, 0.29) is 11.7 Å². The molecule has 0 saturated carbocycles. The number of carbonyl (C=O) groups excluding carboxylic acids is 1. The van der Waals surface area contributed by atoms with Crippen molar-refractivity contribution < 1.29 is 13.6 Å². The Kier molecular flexibility index (Phi) is 6.34. The maximum Gasteiger partial charge on any atom is 0.251 e. The van der Waals surface area contributed by atoms with Crippen LogP contribution in [0.1, 0.15) is 32.7 Å². The fourth-order valence-corrected chi connectivity index (χ4v) is 3.28. The van der Waals surface area contributed by atoms with E-state index in [9.17, 15) is 13.6 Å². The van der Waals surface area contributed by atoms with E-state index in [1.807, 2.05) is 50.2 Å². The van der Waals surface area contributed by atoms with Crippen molar-refractivity contribution in [3.63, 3.8) is 0 Å². The molecule has 1 heterocycles. The van der Waals surface area contributed by atoms with E-state index in [2.05, 4.69) is 10.3 Å². The van der Waals surface area contributed by atoms with E-state index in [1.165, 1.54) is 0 Å². The van der Waals surface area contributed by atoms with E-state index < -0.39 is 11.1 Å². The Labute approximate surface area is 167 Å². The molecule has 0 radical (unpaired) electrons. The molecule has 0 fully saturated rings. The highest BCUT2D eigenvalue weighted by Gasteiger charge is 2.10. The standard InChI is InChI=1S/C22H22N2O3S/c1-15-3-7-19(8-4-15)20-9-18(14-28(26)27)10-21(11-20)22(25)24-13-17-6-5-16(2)23-12-17/h3-12H,13-14H2,1-2H3,(H,24,25)(H,26,27)/p-1. The van der Waals surface area contributed by atoms with Gasteiger partial charge in [-0.05, 0) is 54.3 Å². The fraction of sp³-hybridized carbons (Fsp3) is 0.182. The number of pyridine rings is 1. The molecule has 0 aliphatic rings. The van der Waals surface area contributed by atoms with Gasteiger partial charge in [-0.25, -0.2) is 0 Å². The second kappa shape index (κ2) is 8.91. The molecule has 144 valence electrons. The van der Waals surface area contributed by atoms with Gasteiger partial charge in [0.2, 0.25) is 0 Å². The second-order valence-electron chi connectivity index (χ2n) is 6.72. The number of nitrogens with zero attached hydrogens (tertiary/aromatic N) is 1. The topological polar surface area (TPSA) is 82.1 Å². The highest BCUT2D eigenvalue weighted by molar-refractivity contribution is 7.78. The highest BCUT2D eigenvalue weighted by atomic mass is 32.2. The van der Waals surface area contributed by atoms with Crippen molar-refractivity contribution in [2.24, 2.45) is 0 Å². The molecular formula is C22H21N2O3S-. The first-order valence-electron chi connectivity index (χ1n) is 8.87. The maximum absolute atomic E-state index is 12.7. The predicted molar refractivity (Wildman–Crippen MR) is 109 cm³/mol. The normalized spacial score (nSPS) is 11.8. The van der Waals surface area contributed by atoms with E-state index in [0.717, 1.165) is 27.9 Å². The summed E-state index contributed by atoms with van der Waals surface area (Å²) in [6, 6.07) is 16.9. The number of aromatic nitrogens is 1. The van der Waals surface area contributed by atoms with Crippen LogP contribution in [0.15, 0.2) is 60.8 Å². The summed E-state index contributed by atoms with van der Waals surface area (Å²) in [6.45, 7) is 4.25. The third-order valence-corrected chi connectivity index (χ3v) is 4.92. The average molecular weight is 393 g/mol. The van der Waals surface area contributed by atoms with Gasteiger partial charge < -0.3 is 9.87 Å². The minimum atomic E-state index is -2.23. The number of amides is 1. The number of nitrogens with one attached hydrogen (secondary N) is 1. The van der Waals surface area contributed by atoms with Gasteiger partial charge in [-0.3, -0.25) is 14.0 Å². The third-order valence-electron chi connectivity index (χ3n) is 4.35. The van der Waals surface area contributed by atoms with Gasteiger partial charge in [-0.1, -0.05) is 53.0 Å². The van der Waals surface area contributed by atoms with Crippen LogP contribution in [0.3, 0.4) is 0 Å². The summed E-state index contributed by atoms with van der Waals surface area (Å²) in [6.07, 6.45) is 1.73. The van der Waals surface area contributed by atoms with Gasteiger partial charge >= 0.3 is 0 Å². The molecule has 0 saturated heterocycles. The lowest BCUT2D eigenvalue weighted by Gasteiger charge is -2.12. The average Bonchev–Trinajstić information content (AvgIpc) is 2.67. The Bertz CT molecular complexity index is 999. The van der Waals surface area contributed by atoms with Crippen molar-refractivity contribution in [3.05, 3.63) is 88.7 Å². The lowest BCUT2D eigenvalue weighted by atomic mass is 9.99. The predicted octanol–water partition coefficient (Wildman–Crippen LogP) is 3.67. The molecule has 1 atom stereocenters. The molecule has 3 rings (SSSR count). The van der Waals surface area contributed by atoms with Crippen molar-refractivity contribution in [3.8, 4) is 11.1 Å². The van der Waals surface area contributed by atoms with E-state index in [1.54, 1.807) is 24.4 Å². The molecular weight excluding hydrogens is 372 g/mol. The summed E-state index contributed by atoms with van der Waals surface area (Å²) >= 11 is -2.23. The van der Waals surface area contributed by atoms with Crippen molar-refractivity contribution in [2.45, 2.75) is 26.1 Å². The Morgan fingerprint density at radius 1 is 1.00 bits per heavy atom. The number of carbonyl (C=O) groups is 1. The van der Waals surface area contributed by atoms with Crippen molar-refractivity contribution in [2.75, 3.05) is 0 Å². The molecule has 5 nitrogen and oxygen atoms in total. The van der Waals surface area contributed by atoms with Crippen LogP contribution < -0.4 is 5.32 Å². The molecule has 0 bridgehead atoms. The van der Waals surface area contributed by atoms with Gasteiger partial charge in [0.15, 0.2) is 0 Å². The summed E-state index contributed by atoms with van der Waals surface area (Å²) in [4.78, 5) is 16.9. The third kappa shape index (κ3) is 5.34. The van der Waals surface area contributed by atoms with Crippen LogP contribution in [-0.4, -0.2) is 19.7 Å². The zero-order chi connectivity index (χ0) is 20.1. The van der Waals surface area contributed by atoms with Crippen LogP contribution >= 0.6 is 0 Å². The number of hydrogen-bond donors (Lipinski definition) is 1. The molecule has 2 aromatic carbocycles. The number of benzene rings is 2. The first-order valence-corrected chi connectivity index (χ1v) is 10.1. The molecule has 0 aliphatic heterocycles. The van der Waals surface area contributed by atoms with Crippen LogP contribution in [0.4, 0.5) is 0 Å². The molecule has 1 amide bonds. The SMILES string of the molecule is Cc1ccc(-c2cc(CS(=O)[O-])cc(C(=O)NCc3ccc(C)nc3)c2)cc1. The van der Waals surface area contributed by atoms with Gasteiger partial charge in [-0.15, -0.1) is 0 Å². The van der Waals surface area contributed by atoms with Gasteiger partial charge in [-0.2, -0.15) is 0 Å². The van der Waals surface area contributed by atoms with Crippen LogP contribution in [-0.2, 0) is 23.4 Å². The Balaban J connectivity index is 1.86. The van der Waals surface area contributed by atoms with Crippen molar-refractivity contribution >= 4 is 17.0 Å². The van der Waals surface area contributed by atoms with Crippen LogP contribution in [0, 0.1) is 13.8 Å². The molecule has 28 heavy (non-hydrogen) atoms. The molecule has 3 aromatic rings. The minimum Gasteiger partial charge on any atom is -0.772 e. The quantitative estimate of drug-likeness (QED) is 0.648. The minimum absolute atomic E-state index is 0.137. The van der Waals surface area contributed by atoms with Crippen LogP contribution in [0.25, 0.3) is 11.1 Å². The van der Waals surface area contributed by atoms with Gasteiger partial charge in [0.25, 0.3) is 5.91 Å². The maximum atomic E-state index is 12.7. The Morgan fingerprint density at radius 2 is 1.75 bits per heavy atom. The summed E-state index contributed by atoms with van der Waals surface area (Å²) in [5.74, 6) is -0.394. The number of aryl methyl sites for hydroxylation is 2. The van der Waals surface area contributed by atoms with Crippen LogP contribution in [0.5, 0.6) is 0 Å². The first-order chi connectivity index (χ1) is 13.4. The summed E-state index contributed by atoms with van der Waals surface area (Å²) < 4.78 is 22.3. The van der Waals surface area contributed by atoms with E-state index in [4.69, 9.17) is 0 Å².